The van der Waals surface area contributed by atoms with Gasteiger partial charge in [0.05, 0.1) is 12.1 Å². The maximum absolute atomic E-state index is 12.9. The lowest BCUT2D eigenvalue weighted by Gasteiger charge is -2.34. The van der Waals surface area contributed by atoms with Crippen LogP contribution in [0.3, 0.4) is 0 Å². The Hall–Kier alpha value is -5.91. The van der Waals surface area contributed by atoms with Gasteiger partial charge in [0.15, 0.2) is 5.78 Å². The van der Waals surface area contributed by atoms with Gasteiger partial charge >= 0.3 is 0 Å². The second kappa shape index (κ2) is 15.1. The van der Waals surface area contributed by atoms with Gasteiger partial charge in [-0.1, -0.05) is 84.5 Å². The van der Waals surface area contributed by atoms with E-state index in [0.29, 0.717) is 16.9 Å². The van der Waals surface area contributed by atoms with Crippen LogP contribution in [0.4, 0.5) is 22.7 Å². The van der Waals surface area contributed by atoms with E-state index >= 15 is 0 Å². The molecule has 0 N–H and O–H groups in total. The van der Waals surface area contributed by atoms with Gasteiger partial charge in [0.2, 0.25) is 0 Å². The summed E-state index contributed by atoms with van der Waals surface area (Å²) in [5, 5.41) is 0. The summed E-state index contributed by atoms with van der Waals surface area (Å²) in [5.41, 5.74) is 7.97. The van der Waals surface area contributed by atoms with Crippen LogP contribution in [-0.2, 0) is 4.74 Å². The highest BCUT2D eigenvalue weighted by molar-refractivity contribution is 6.09. The Balaban J connectivity index is 1.08. The highest BCUT2D eigenvalue weighted by Gasteiger charge is 2.22. The fourth-order valence-electron chi connectivity index (χ4n) is 6.38. The van der Waals surface area contributed by atoms with Gasteiger partial charge in [-0.15, -0.1) is 0 Å². The molecule has 0 saturated carbocycles. The number of anilines is 4. The third-order valence-corrected chi connectivity index (χ3v) is 9.08. The number of methoxy groups -OCH3 is 1. The van der Waals surface area contributed by atoms with E-state index in [2.05, 4.69) is 113 Å². The molecule has 2 aliphatic rings. The first-order valence-corrected chi connectivity index (χ1v) is 17.0. The lowest BCUT2D eigenvalue weighted by atomic mass is 10.0. The van der Waals surface area contributed by atoms with Crippen molar-refractivity contribution in [2.75, 3.05) is 16.9 Å². The van der Waals surface area contributed by atoms with Gasteiger partial charge in [-0.25, -0.2) is 0 Å². The second-order valence-corrected chi connectivity index (χ2v) is 12.5. The highest BCUT2D eigenvalue weighted by Crippen LogP contribution is 2.37. The average Bonchev–Trinajstić information content (AvgIpc) is 3.18. The van der Waals surface area contributed by atoms with E-state index in [1.54, 1.807) is 7.11 Å². The lowest BCUT2D eigenvalue weighted by molar-refractivity contribution is 0.103. The summed E-state index contributed by atoms with van der Waals surface area (Å²) in [6.45, 7) is 2.01. The van der Waals surface area contributed by atoms with Crippen molar-refractivity contribution in [3.63, 3.8) is 0 Å². The molecular formula is C45H40N2O3. The van der Waals surface area contributed by atoms with Crippen molar-refractivity contribution in [2.24, 2.45) is 0 Å². The molecule has 0 radical (unpaired) electrons. The minimum absolute atomic E-state index is 0.00103. The normalized spacial score (nSPS) is 16.7. The number of ether oxygens (including phenoxy) is 2. The third kappa shape index (κ3) is 7.39. The Kier molecular flexibility index (Phi) is 9.86. The summed E-state index contributed by atoms with van der Waals surface area (Å²) in [6.07, 6.45) is 14.6. The van der Waals surface area contributed by atoms with Gasteiger partial charge in [0, 0.05) is 46.7 Å². The Labute approximate surface area is 294 Å². The van der Waals surface area contributed by atoms with Gasteiger partial charge < -0.3 is 19.3 Å². The Bertz CT molecular complexity index is 2030. The predicted molar refractivity (Wildman–Crippen MR) is 204 cm³/mol. The number of allylic oxidation sites excluding steroid dienone is 2. The third-order valence-electron chi connectivity index (χ3n) is 9.08. The SMILES string of the molecule is COC1C=CC(N(c2ccccc2)c2ccc(N(c3ccccc3)C3C=CC(Oc4ccc(C(=O)c5ccc(C)cc5)cc4)=CC3)cc2)=CC1. The van der Waals surface area contributed by atoms with Gasteiger partial charge in [0.1, 0.15) is 11.5 Å². The second-order valence-electron chi connectivity index (χ2n) is 12.5. The molecule has 0 fully saturated rings. The topological polar surface area (TPSA) is 42.0 Å². The van der Waals surface area contributed by atoms with Crippen LogP contribution in [0.25, 0.3) is 0 Å². The molecule has 50 heavy (non-hydrogen) atoms. The molecule has 2 atom stereocenters. The number of ketones is 1. The largest absolute Gasteiger partial charge is 0.458 e. The molecule has 0 heterocycles. The van der Waals surface area contributed by atoms with Crippen LogP contribution < -0.4 is 14.5 Å². The molecule has 0 aliphatic heterocycles. The van der Waals surface area contributed by atoms with Crippen LogP contribution in [0.15, 0.2) is 181 Å². The Morgan fingerprint density at radius 3 is 1.78 bits per heavy atom. The minimum atomic E-state index is 0.00103. The predicted octanol–water partition coefficient (Wildman–Crippen LogP) is 10.7. The molecule has 5 heteroatoms. The zero-order valence-corrected chi connectivity index (χ0v) is 28.4. The van der Waals surface area contributed by atoms with E-state index in [0.717, 1.165) is 52.6 Å². The van der Waals surface area contributed by atoms with Crippen molar-refractivity contribution in [1.82, 2.24) is 0 Å². The van der Waals surface area contributed by atoms with E-state index in [4.69, 9.17) is 9.47 Å². The van der Waals surface area contributed by atoms with Crippen LogP contribution in [0.1, 0.15) is 34.3 Å². The number of benzene rings is 5. The summed E-state index contributed by atoms with van der Waals surface area (Å²) < 4.78 is 11.8. The van der Waals surface area contributed by atoms with Crippen LogP contribution in [0, 0.1) is 6.92 Å². The molecular weight excluding hydrogens is 617 g/mol. The first kappa shape index (κ1) is 32.6. The van der Waals surface area contributed by atoms with Gasteiger partial charge in [0.25, 0.3) is 0 Å². The quantitative estimate of drug-likeness (QED) is 0.132. The number of aryl methyl sites for hydroxylation is 1. The standard InChI is InChI=1S/C45H40N2O3/c1-33-13-15-34(16-14-33)45(48)35-17-27-43(28-18-35)50-44-31-25-41(26-32-44)47(37-11-7-4-8-12-37)39-21-19-38(20-22-39)46(36-9-5-3-6-10-36)40-23-29-42(49-2)30-24-40/h3-25,27-29,31-32,41-42H,26,30H2,1-2H3. The van der Waals surface area contributed by atoms with Gasteiger partial charge in [-0.2, -0.15) is 0 Å². The molecule has 0 saturated heterocycles. The summed E-state index contributed by atoms with van der Waals surface area (Å²) in [6, 6.07) is 44.8. The Morgan fingerprint density at radius 1 is 0.620 bits per heavy atom. The number of para-hydroxylation sites is 2. The van der Waals surface area contributed by atoms with Crippen molar-refractivity contribution in [1.29, 1.82) is 0 Å². The molecule has 5 nitrogen and oxygen atoms in total. The van der Waals surface area contributed by atoms with Gasteiger partial charge in [-0.05, 0) is 111 Å². The number of carbonyl (C=O) groups excluding carboxylic acids is 1. The highest BCUT2D eigenvalue weighted by atomic mass is 16.5. The molecule has 0 spiro atoms. The Morgan fingerprint density at radius 2 is 1.20 bits per heavy atom. The number of rotatable bonds is 11. The molecule has 5 aromatic carbocycles. The maximum atomic E-state index is 12.9. The van der Waals surface area contributed by atoms with Crippen molar-refractivity contribution in [2.45, 2.75) is 31.9 Å². The van der Waals surface area contributed by atoms with Crippen LogP contribution in [0.5, 0.6) is 5.75 Å². The summed E-state index contributed by atoms with van der Waals surface area (Å²) in [4.78, 5) is 17.6. The van der Waals surface area contributed by atoms with Crippen molar-refractivity contribution in [3.05, 3.63) is 198 Å². The number of hydrogen-bond acceptors (Lipinski definition) is 5. The first-order chi connectivity index (χ1) is 24.6. The minimum Gasteiger partial charge on any atom is -0.458 e. The molecule has 0 bridgehead atoms. The van der Waals surface area contributed by atoms with Gasteiger partial charge in [-0.3, -0.25) is 4.79 Å². The van der Waals surface area contributed by atoms with Crippen LogP contribution in [-0.4, -0.2) is 25.0 Å². The summed E-state index contributed by atoms with van der Waals surface area (Å²) in [5.74, 6) is 1.48. The van der Waals surface area contributed by atoms with Crippen LogP contribution >= 0.6 is 0 Å². The molecule has 248 valence electrons. The molecule has 0 aromatic heterocycles. The fraction of sp³-hybridized carbons (Fsp3) is 0.133. The van der Waals surface area contributed by atoms with E-state index in [-0.39, 0.29) is 17.9 Å². The molecule has 5 aromatic rings. The fourth-order valence-corrected chi connectivity index (χ4v) is 6.38. The average molecular weight is 657 g/mol. The smallest absolute Gasteiger partial charge is 0.193 e. The van der Waals surface area contributed by atoms with Crippen molar-refractivity contribution in [3.8, 4) is 5.75 Å². The molecule has 2 unspecified atom stereocenters. The molecule has 0 amide bonds. The van der Waals surface area contributed by atoms with E-state index in [9.17, 15) is 4.79 Å². The zero-order valence-electron chi connectivity index (χ0n) is 28.4. The van der Waals surface area contributed by atoms with E-state index in [1.807, 2.05) is 73.7 Å². The van der Waals surface area contributed by atoms with Crippen LogP contribution in [0.2, 0.25) is 0 Å². The van der Waals surface area contributed by atoms with Crippen molar-refractivity contribution < 1.29 is 14.3 Å². The lowest BCUT2D eigenvalue weighted by Crippen LogP contribution is -2.30. The van der Waals surface area contributed by atoms with Crippen molar-refractivity contribution >= 4 is 28.5 Å². The number of carbonyl (C=O) groups is 1. The first-order valence-electron chi connectivity index (χ1n) is 17.0. The maximum Gasteiger partial charge on any atom is 0.193 e. The molecule has 2 aliphatic carbocycles. The zero-order chi connectivity index (χ0) is 34.3. The number of hydrogen-bond donors (Lipinski definition) is 0. The van der Waals surface area contributed by atoms with E-state index < -0.39 is 0 Å². The summed E-state index contributed by atoms with van der Waals surface area (Å²) >= 11 is 0. The summed E-state index contributed by atoms with van der Waals surface area (Å²) in [7, 11) is 1.75. The molecule has 7 rings (SSSR count). The monoisotopic (exact) mass is 656 g/mol. The number of nitrogens with zero attached hydrogens (tertiary/aromatic N) is 2. The van der Waals surface area contributed by atoms with E-state index in [1.165, 1.54) is 0 Å².